The highest BCUT2D eigenvalue weighted by atomic mass is 35.5. The Morgan fingerprint density at radius 1 is 1.50 bits per heavy atom. The molecule has 1 atom stereocenters. The molecule has 1 aliphatic rings. The number of carbonyl (C=O) groups excluding carboxylic acids is 1. The number of rotatable bonds is 1. The van der Waals surface area contributed by atoms with E-state index in [1.807, 2.05) is 0 Å². The van der Waals surface area contributed by atoms with Crippen LogP contribution in [0.5, 0.6) is 0 Å². The van der Waals surface area contributed by atoms with Gasteiger partial charge in [0.15, 0.2) is 0 Å². The average molecular weight is 248 g/mol. The number of fused-ring (bicyclic) bond motifs is 1. The van der Waals surface area contributed by atoms with Crippen molar-refractivity contribution in [2.24, 2.45) is 0 Å². The number of benzene rings is 1. The lowest BCUT2D eigenvalue weighted by molar-refractivity contribution is -0.139. The third-order valence-corrected chi connectivity index (χ3v) is 2.79. The van der Waals surface area contributed by atoms with E-state index in [9.17, 15) is 18.7 Å². The fourth-order valence-electron chi connectivity index (χ4n) is 1.76. The highest BCUT2D eigenvalue weighted by Gasteiger charge is 2.50. The molecule has 1 aliphatic heterocycles. The lowest BCUT2D eigenvalue weighted by Crippen LogP contribution is -2.25. The van der Waals surface area contributed by atoms with Crippen LogP contribution >= 0.6 is 11.6 Å². The number of anilines is 1. The quantitative estimate of drug-likeness (QED) is 0.801. The lowest BCUT2D eigenvalue weighted by atomic mass is 9.98. The van der Waals surface area contributed by atoms with Gasteiger partial charge < -0.3 is 10.4 Å². The first kappa shape index (κ1) is 11.3. The Kier molecular flexibility index (Phi) is 2.40. The van der Waals surface area contributed by atoms with Crippen LogP contribution in [0.4, 0.5) is 14.5 Å². The van der Waals surface area contributed by atoms with Gasteiger partial charge in [-0.25, -0.2) is 0 Å². The molecule has 86 valence electrons. The van der Waals surface area contributed by atoms with Gasteiger partial charge in [-0.05, 0) is 19.1 Å². The van der Waals surface area contributed by atoms with Gasteiger partial charge in [0.2, 0.25) is 0 Å². The molecule has 3 nitrogen and oxygen atoms in total. The first-order valence-electron chi connectivity index (χ1n) is 4.56. The summed E-state index contributed by atoms with van der Waals surface area (Å²) in [5, 5.41) is 11.5. The summed E-state index contributed by atoms with van der Waals surface area (Å²) in [5.41, 5.74) is -0.641. The molecule has 1 heterocycles. The monoisotopic (exact) mass is 247 g/mol. The Bertz CT molecular complexity index is 474. The van der Waals surface area contributed by atoms with Crippen molar-refractivity contribution in [2.75, 3.05) is 5.32 Å². The first-order valence-corrected chi connectivity index (χ1v) is 4.93. The molecule has 1 amide bonds. The number of hydrogen-bond donors (Lipinski definition) is 2. The number of amides is 1. The van der Waals surface area contributed by atoms with E-state index < -0.39 is 23.5 Å². The minimum Gasteiger partial charge on any atom is -0.389 e. The van der Waals surface area contributed by atoms with Gasteiger partial charge in [0, 0.05) is 10.6 Å². The van der Waals surface area contributed by atoms with Crippen LogP contribution in [0, 0.1) is 0 Å². The molecule has 6 heteroatoms. The van der Waals surface area contributed by atoms with Crippen LogP contribution in [-0.2, 0) is 10.7 Å². The number of halogens is 3. The summed E-state index contributed by atoms with van der Waals surface area (Å²) in [6.45, 7) is 1.32. The molecule has 16 heavy (non-hydrogen) atoms. The zero-order chi connectivity index (χ0) is 12.1. The molecular formula is C10H8ClF2NO2. The number of hydrogen-bond acceptors (Lipinski definition) is 2. The molecular weight excluding hydrogens is 240 g/mol. The summed E-state index contributed by atoms with van der Waals surface area (Å²) in [6, 6.07) is 2.66. The Morgan fingerprint density at radius 2 is 2.12 bits per heavy atom. The standard InChI is InChI=1S/C10H8ClF2NO2/c1-4(15)7-5(11)2-3-6-8(7)10(12,13)9(16)14-6/h2-4,15H,1H3,(H,14,16). The van der Waals surface area contributed by atoms with E-state index in [0.717, 1.165) is 0 Å². The van der Waals surface area contributed by atoms with Crippen molar-refractivity contribution in [3.8, 4) is 0 Å². The van der Waals surface area contributed by atoms with Gasteiger partial charge in [-0.1, -0.05) is 11.6 Å². The summed E-state index contributed by atoms with van der Waals surface area (Å²) >= 11 is 5.75. The predicted molar refractivity (Wildman–Crippen MR) is 54.6 cm³/mol. The Morgan fingerprint density at radius 3 is 2.69 bits per heavy atom. The molecule has 0 saturated carbocycles. The summed E-state index contributed by atoms with van der Waals surface area (Å²) in [7, 11) is 0. The van der Waals surface area contributed by atoms with Crippen molar-refractivity contribution in [3.05, 3.63) is 28.3 Å². The van der Waals surface area contributed by atoms with Gasteiger partial charge >= 0.3 is 5.92 Å². The van der Waals surface area contributed by atoms with E-state index in [1.165, 1.54) is 19.1 Å². The van der Waals surface area contributed by atoms with E-state index in [0.29, 0.717) is 0 Å². The number of aliphatic hydroxyl groups excluding tert-OH is 1. The second-order valence-electron chi connectivity index (χ2n) is 3.59. The fraction of sp³-hybridized carbons (Fsp3) is 0.300. The number of aliphatic hydroxyl groups is 1. The van der Waals surface area contributed by atoms with Crippen molar-refractivity contribution in [3.63, 3.8) is 0 Å². The molecule has 2 N–H and O–H groups in total. The third-order valence-electron chi connectivity index (χ3n) is 2.46. The smallest absolute Gasteiger partial charge is 0.352 e. The van der Waals surface area contributed by atoms with E-state index in [4.69, 9.17) is 11.6 Å². The topological polar surface area (TPSA) is 49.3 Å². The van der Waals surface area contributed by atoms with Crippen LogP contribution < -0.4 is 5.32 Å². The van der Waals surface area contributed by atoms with Crippen LogP contribution in [0.2, 0.25) is 5.02 Å². The van der Waals surface area contributed by atoms with Crippen LogP contribution in [0.15, 0.2) is 12.1 Å². The molecule has 0 bridgehead atoms. The van der Waals surface area contributed by atoms with E-state index in [-0.39, 0.29) is 16.3 Å². The molecule has 0 fully saturated rings. The minimum absolute atomic E-state index is 0.00435. The maximum Gasteiger partial charge on any atom is 0.352 e. The predicted octanol–water partition coefficient (Wildman–Crippen LogP) is 2.44. The molecule has 0 aliphatic carbocycles. The second-order valence-corrected chi connectivity index (χ2v) is 4.00. The van der Waals surface area contributed by atoms with E-state index in [2.05, 4.69) is 5.32 Å². The molecule has 0 saturated heterocycles. The van der Waals surface area contributed by atoms with E-state index in [1.54, 1.807) is 0 Å². The molecule has 2 rings (SSSR count). The van der Waals surface area contributed by atoms with Crippen LogP contribution in [0.3, 0.4) is 0 Å². The molecule has 1 aromatic carbocycles. The highest BCUT2D eigenvalue weighted by molar-refractivity contribution is 6.32. The fourth-order valence-corrected chi connectivity index (χ4v) is 2.07. The van der Waals surface area contributed by atoms with Gasteiger partial charge in [0.1, 0.15) is 0 Å². The van der Waals surface area contributed by atoms with Crippen LogP contribution in [0.25, 0.3) is 0 Å². The van der Waals surface area contributed by atoms with Crippen molar-refractivity contribution in [1.29, 1.82) is 0 Å². The normalized spacial score (nSPS) is 19.2. The summed E-state index contributed by atoms with van der Waals surface area (Å²) in [6.07, 6.45) is -1.17. The lowest BCUT2D eigenvalue weighted by Gasteiger charge is -2.15. The third kappa shape index (κ3) is 1.39. The maximum atomic E-state index is 13.5. The minimum atomic E-state index is -3.65. The zero-order valence-electron chi connectivity index (χ0n) is 8.22. The van der Waals surface area contributed by atoms with Crippen molar-refractivity contribution < 1.29 is 18.7 Å². The van der Waals surface area contributed by atoms with Gasteiger partial charge in [-0.3, -0.25) is 4.79 Å². The van der Waals surface area contributed by atoms with Crippen molar-refractivity contribution in [1.82, 2.24) is 0 Å². The number of alkyl halides is 2. The second kappa shape index (κ2) is 3.40. The molecule has 1 aromatic rings. The Hall–Kier alpha value is -1.20. The summed E-state index contributed by atoms with van der Waals surface area (Å²) < 4.78 is 27.1. The van der Waals surface area contributed by atoms with Crippen LogP contribution in [-0.4, -0.2) is 11.0 Å². The number of nitrogens with one attached hydrogen (secondary N) is 1. The van der Waals surface area contributed by atoms with Gasteiger partial charge in [0.05, 0.1) is 17.4 Å². The maximum absolute atomic E-state index is 13.5. The van der Waals surface area contributed by atoms with Crippen molar-refractivity contribution in [2.45, 2.75) is 19.0 Å². The molecule has 0 spiro atoms. The largest absolute Gasteiger partial charge is 0.389 e. The average Bonchev–Trinajstić information content (AvgIpc) is 2.39. The van der Waals surface area contributed by atoms with Crippen molar-refractivity contribution >= 4 is 23.2 Å². The Labute approximate surface area is 95.0 Å². The van der Waals surface area contributed by atoms with Gasteiger partial charge in [-0.15, -0.1) is 0 Å². The summed E-state index contributed by atoms with van der Waals surface area (Å²) in [5.74, 6) is -5.04. The molecule has 1 unspecified atom stereocenters. The SMILES string of the molecule is CC(O)c1c(Cl)ccc2c1C(F)(F)C(=O)N2. The Balaban J connectivity index is 2.75. The molecule has 0 aromatic heterocycles. The first-order chi connectivity index (χ1) is 7.35. The van der Waals surface area contributed by atoms with Crippen LogP contribution in [0.1, 0.15) is 24.2 Å². The summed E-state index contributed by atoms with van der Waals surface area (Å²) in [4.78, 5) is 11.1. The van der Waals surface area contributed by atoms with E-state index >= 15 is 0 Å². The highest BCUT2D eigenvalue weighted by Crippen LogP contribution is 2.46. The molecule has 0 radical (unpaired) electrons. The van der Waals surface area contributed by atoms with Gasteiger partial charge in [-0.2, -0.15) is 8.78 Å². The zero-order valence-corrected chi connectivity index (χ0v) is 8.98. The van der Waals surface area contributed by atoms with Gasteiger partial charge in [0.25, 0.3) is 5.91 Å². The number of carbonyl (C=O) groups is 1.